The molecule has 1 unspecified atom stereocenters. The first-order valence-corrected chi connectivity index (χ1v) is 2.90. The van der Waals surface area contributed by atoms with E-state index in [9.17, 15) is 0 Å². The fourth-order valence-corrected chi connectivity index (χ4v) is 0.405. The highest BCUT2D eigenvalue weighted by molar-refractivity contribution is 6.20. The quantitative estimate of drug-likeness (QED) is 0.540. The lowest BCUT2D eigenvalue weighted by Crippen LogP contribution is -2.15. The van der Waals surface area contributed by atoms with Crippen molar-refractivity contribution < 1.29 is 8.22 Å². The SMILES string of the molecule is [2H]C([2H])([2H])N(CCC(C)Cl)C([2H])([2H])[2H]. The highest BCUT2D eigenvalue weighted by Gasteiger charge is 1.95. The second kappa shape index (κ2) is 4.16. The summed E-state index contributed by atoms with van der Waals surface area (Å²) in [6.07, 6.45) is 0.332. The Bertz CT molecular complexity index is 160. The lowest BCUT2D eigenvalue weighted by atomic mass is 10.3. The summed E-state index contributed by atoms with van der Waals surface area (Å²) in [5.41, 5.74) is 0. The van der Waals surface area contributed by atoms with E-state index in [0.29, 0.717) is 11.3 Å². The second-order valence-corrected chi connectivity index (χ2v) is 2.47. The van der Waals surface area contributed by atoms with Gasteiger partial charge in [-0.3, -0.25) is 0 Å². The van der Waals surface area contributed by atoms with Crippen LogP contribution in [0.3, 0.4) is 0 Å². The van der Waals surface area contributed by atoms with Crippen LogP contribution in [0.25, 0.3) is 0 Å². The molecule has 0 saturated carbocycles. The van der Waals surface area contributed by atoms with Gasteiger partial charge in [0, 0.05) is 13.6 Å². The average Bonchev–Trinajstić information content (AvgIpc) is 1.78. The Morgan fingerprint density at radius 2 is 2.38 bits per heavy atom. The average molecular weight is 142 g/mol. The zero-order chi connectivity index (χ0) is 11.6. The molecule has 0 N–H and O–H groups in total. The smallest absolute Gasteiger partial charge is 0.0394 e. The minimum atomic E-state index is -2.60. The molecule has 0 aliphatic rings. The van der Waals surface area contributed by atoms with E-state index in [1.54, 1.807) is 6.92 Å². The Hall–Kier alpha value is 0.250. The second-order valence-electron chi connectivity index (χ2n) is 1.72. The molecule has 0 fully saturated rings. The Balaban J connectivity index is 4.44. The summed E-state index contributed by atoms with van der Waals surface area (Å²) in [4.78, 5) is 0.513. The lowest BCUT2D eigenvalue weighted by molar-refractivity contribution is 0.399. The number of nitrogens with zero attached hydrogens (tertiary/aromatic N) is 1. The number of hydrogen-bond donors (Lipinski definition) is 0. The molecule has 0 aliphatic carbocycles. The molecular formula is C6H14ClN. The maximum absolute atomic E-state index is 7.05. The van der Waals surface area contributed by atoms with Crippen molar-refractivity contribution in [2.24, 2.45) is 0 Å². The fraction of sp³-hybridized carbons (Fsp3) is 1.00. The molecule has 0 saturated heterocycles. The van der Waals surface area contributed by atoms with Crippen molar-refractivity contribution in [2.75, 3.05) is 20.5 Å². The van der Waals surface area contributed by atoms with Crippen molar-refractivity contribution in [1.29, 1.82) is 0 Å². The van der Waals surface area contributed by atoms with Crippen LogP contribution in [-0.2, 0) is 0 Å². The third kappa shape index (κ3) is 6.25. The van der Waals surface area contributed by atoms with E-state index in [-0.39, 0.29) is 11.9 Å². The van der Waals surface area contributed by atoms with Crippen molar-refractivity contribution in [1.82, 2.24) is 4.90 Å². The van der Waals surface area contributed by atoms with Gasteiger partial charge in [0.25, 0.3) is 0 Å². The first kappa shape index (κ1) is 2.47. The van der Waals surface area contributed by atoms with Crippen LogP contribution in [0, 0.1) is 0 Å². The first-order valence-electron chi connectivity index (χ1n) is 5.47. The van der Waals surface area contributed by atoms with Gasteiger partial charge in [-0.1, -0.05) is 0 Å². The minimum absolute atomic E-state index is 0.0579. The third-order valence-electron chi connectivity index (χ3n) is 0.750. The summed E-state index contributed by atoms with van der Waals surface area (Å²) in [7, 11) is 0. The van der Waals surface area contributed by atoms with Crippen molar-refractivity contribution in [2.45, 2.75) is 18.7 Å². The van der Waals surface area contributed by atoms with Crippen LogP contribution >= 0.6 is 11.6 Å². The van der Waals surface area contributed by atoms with Gasteiger partial charge in [-0.05, 0) is 33.8 Å². The Labute approximate surface area is 65.1 Å². The zero-order valence-electron chi connectivity index (χ0n) is 10.8. The van der Waals surface area contributed by atoms with Crippen molar-refractivity contribution >= 4 is 11.6 Å². The minimum Gasteiger partial charge on any atom is -0.309 e. The Morgan fingerprint density at radius 1 is 1.75 bits per heavy atom. The molecule has 0 aromatic carbocycles. The van der Waals surface area contributed by atoms with Crippen molar-refractivity contribution in [3.8, 4) is 0 Å². The normalized spacial score (nSPS) is 28.9. The fourth-order valence-electron chi connectivity index (χ4n) is 0.307. The molecule has 0 bridgehead atoms. The van der Waals surface area contributed by atoms with E-state index < -0.39 is 14.0 Å². The topological polar surface area (TPSA) is 3.24 Å². The number of hydrogen-bond acceptors (Lipinski definition) is 1. The van der Waals surface area contributed by atoms with Gasteiger partial charge in [-0.25, -0.2) is 0 Å². The molecule has 0 rings (SSSR count). The number of rotatable bonds is 3. The van der Waals surface area contributed by atoms with E-state index in [2.05, 4.69) is 0 Å². The van der Waals surface area contributed by atoms with Gasteiger partial charge in [0.1, 0.15) is 0 Å². The van der Waals surface area contributed by atoms with Crippen LogP contribution in [0.4, 0.5) is 0 Å². The van der Waals surface area contributed by atoms with Crippen LogP contribution < -0.4 is 0 Å². The molecule has 1 atom stereocenters. The number of halogens is 1. The largest absolute Gasteiger partial charge is 0.309 e. The predicted molar refractivity (Wildman–Crippen MR) is 38.5 cm³/mol. The van der Waals surface area contributed by atoms with Gasteiger partial charge in [0.15, 0.2) is 0 Å². The molecule has 8 heavy (non-hydrogen) atoms. The third-order valence-corrected chi connectivity index (χ3v) is 0.969. The summed E-state index contributed by atoms with van der Waals surface area (Å²) in [5, 5.41) is -0.234. The zero-order valence-corrected chi connectivity index (χ0v) is 5.57. The van der Waals surface area contributed by atoms with Crippen molar-refractivity contribution in [3.63, 3.8) is 0 Å². The van der Waals surface area contributed by atoms with E-state index in [4.69, 9.17) is 19.8 Å². The summed E-state index contributed by atoms with van der Waals surface area (Å²) < 4.78 is 42.3. The molecule has 0 aromatic heterocycles. The van der Waals surface area contributed by atoms with Crippen LogP contribution in [0.5, 0.6) is 0 Å². The molecule has 2 heteroatoms. The maximum Gasteiger partial charge on any atom is 0.0394 e. The van der Waals surface area contributed by atoms with E-state index >= 15 is 0 Å². The lowest BCUT2D eigenvalue weighted by Gasteiger charge is -2.09. The molecule has 0 spiro atoms. The van der Waals surface area contributed by atoms with Crippen LogP contribution in [0.1, 0.15) is 21.6 Å². The van der Waals surface area contributed by atoms with Gasteiger partial charge in [-0.2, -0.15) is 0 Å². The molecule has 0 aromatic rings. The van der Waals surface area contributed by atoms with Crippen molar-refractivity contribution in [3.05, 3.63) is 0 Å². The Kier molecular flexibility index (Phi) is 1.28. The number of alkyl halides is 1. The molecule has 1 nitrogen and oxygen atoms in total. The Morgan fingerprint density at radius 3 is 2.75 bits per heavy atom. The van der Waals surface area contributed by atoms with E-state index in [1.807, 2.05) is 0 Å². The summed E-state index contributed by atoms with van der Waals surface area (Å²) >= 11 is 5.63. The predicted octanol–water partition coefficient (Wildman–Crippen LogP) is 1.57. The highest BCUT2D eigenvalue weighted by Crippen LogP contribution is 1.98. The standard InChI is InChI=1S/C6H14ClN/c1-6(7)4-5-8(2)3/h6H,4-5H2,1-3H3/i2D3,3D3. The summed E-state index contributed by atoms with van der Waals surface area (Å²) in [6.45, 7) is -3.56. The molecule has 0 heterocycles. The first-order chi connectivity index (χ1) is 6.05. The van der Waals surface area contributed by atoms with Crippen LogP contribution in [0.15, 0.2) is 0 Å². The van der Waals surface area contributed by atoms with E-state index in [0.717, 1.165) is 0 Å². The molecule has 0 aliphatic heterocycles. The van der Waals surface area contributed by atoms with Gasteiger partial charge < -0.3 is 4.90 Å². The molecule has 0 radical (unpaired) electrons. The van der Waals surface area contributed by atoms with Crippen LogP contribution in [-0.4, -0.2) is 30.8 Å². The van der Waals surface area contributed by atoms with Gasteiger partial charge in [0.05, 0.1) is 0 Å². The van der Waals surface area contributed by atoms with Gasteiger partial charge >= 0.3 is 0 Å². The van der Waals surface area contributed by atoms with Crippen LogP contribution in [0.2, 0.25) is 0 Å². The summed E-state index contributed by atoms with van der Waals surface area (Å²) in [6, 6.07) is 0. The molecular weight excluding hydrogens is 122 g/mol. The monoisotopic (exact) mass is 141 g/mol. The molecule has 0 amide bonds. The van der Waals surface area contributed by atoms with Gasteiger partial charge in [-0.15, -0.1) is 11.6 Å². The van der Waals surface area contributed by atoms with Gasteiger partial charge in [0.2, 0.25) is 0 Å². The van der Waals surface area contributed by atoms with E-state index in [1.165, 1.54) is 0 Å². The highest BCUT2D eigenvalue weighted by atomic mass is 35.5. The molecule has 50 valence electrons. The maximum atomic E-state index is 7.05. The summed E-state index contributed by atoms with van der Waals surface area (Å²) in [5.74, 6) is 0.